The first kappa shape index (κ1) is 16.7. The Hall–Kier alpha value is -1.11. The standard InChI is InChI=1S/C20H26O.C2H6/c1-3-14-5-9-19-18-7-4-13-12-15(21)6-8-16(13)17(18)10-11-20(14,19)2;1-2/h3-4,7,12,14,16-19H,1,5-6,8-11H2,2H3;1-2H3. The van der Waals surface area contributed by atoms with E-state index in [1.54, 1.807) is 0 Å². The first-order valence-corrected chi connectivity index (χ1v) is 9.68. The van der Waals surface area contributed by atoms with Crippen LogP contribution in [0.2, 0.25) is 0 Å². The summed E-state index contributed by atoms with van der Waals surface area (Å²) in [6, 6.07) is 0. The predicted octanol–water partition coefficient (Wildman–Crippen LogP) is 5.73. The Morgan fingerprint density at radius 3 is 2.74 bits per heavy atom. The topological polar surface area (TPSA) is 17.1 Å². The lowest BCUT2D eigenvalue weighted by molar-refractivity contribution is -0.115. The molecule has 0 aliphatic heterocycles. The molecule has 4 aliphatic carbocycles. The maximum absolute atomic E-state index is 11.7. The Kier molecular flexibility index (Phi) is 4.67. The van der Waals surface area contributed by atoms with Crippen molar-refractivity contribution in [2.45, 2.75) is 59.3 Å². The van der Waals surface area contributed by atoms with Crippen molar-refractivity contribution < 1.29 is 4.79 Å². The molecule has 0 spiro atoms. The van der Waals surface area contributed by atoms with Crippen molar-refractivity contribution in [2.24, 2.45) is 35.0 Å². The van der Waals surface area contributed by atoms with Gasteiger partial charge in [-0.1, -0.05) is 39.0 Å². The molecule has 0 bridgehead atoms. The van der Waals surface area contributed by atoms with E-state index in [1.165, 1.54) is 31.3 Å². The zero-order valence-electron chi connectivity index (χ0n) is 15.1. The Morgan fingerprint density at radius 1 is 1.22 bits per heavy atom. The van der Waals surface area contributed by atoms with E-state index >= 15 is 0 Å². The molecule has 0 N–H and O–H groups in total. The van der Waals surface area contributed by atoms with E-state index in [0.29, 0.717) is 23.0 Å². The van der Waals surface area contributed by atoms with Gasteiger partial charge in [-0.15, -0.1) is 6.58 Å². The molecule has 4 aliphatic rings. The van der Waals surface area contributed by atoms with Crippen LogP contribution in [0, 0.1) is 35.0 Å². The van der Waals surface area contributed by atoms with Crippen molar-refractivity contribution >= 4 is 5.78 Å². The quantitative estimate of drug-likeness (QED) is 0.565. The highest BCUT2D eigenvalue weighted by Crippen LogP contribution is 2.62. The highest BCUT2D eigenvalue weighted by atomic mass is 16.1. The van der Waals surface area contributed by atoms with Crippen LogP contribution in [-0.2, 0) is 4.79 Å². The number of ketones is 1. The fraction of sp³-hybridized carbons (Fsp3) is 0.682. The monoisotopic (exact) mass is 312 g/mol. The van der Waals surface area contributed by atoms with Crippen molar-refractivity contribution in [2.75, 3.05) is 0 Å². The number of fused-ring (bicyclic) bond motifs is 5. The van der Waals surface area contributed by atoms with Crippen LogP contribution in [0.4, 0.5) is 0 Å². The number of hydrogen-bond acceptors (Lipinski definition) is 1. The van der Waals surface area contributed by atoms with Crippen LogP contribution in [0.25, 0.3) is 0 Å². The lowest BCUT2D eigenvalue weighted by atomic mass is 9.53. The van der Waals surface area contributed by atoms with Crippen LogP contribution in [0.5, 0.6) is 0 Å². The van der Waals surface area contributed by atoms with Gasteiger partial charge in [-0.3, -0.25) is 4.79 Å². The highest BCUT2D eigenvalue weighted by Gasteiger charge is 2.54. The lowest BCUT2D eigenvalue weighted by Crippen LogP contribution is -2.44. The molecule has 0 heterocycles. The Balaban J connectivity index is 0.000000753. The number of hydrogen-bond donors (Lipinski definition) is 0. The summed E-state index contributed by atoms with van der Waals surface area (Å²) in [4.78, 5) is 11.7. The molecule has 23 heavy (non-hydrogen) atoms. The second kappa shape index (κ2) is 6.42. The SMILES string of the molecule is C=CC1CCC2C3C=CC4=CC(=O)CCC4C3CCC12C.CC. The third-order valence-corrected chi connectivity index (χ3v) is 7.23. The summed E-state index contributed by atoms with van der Waals surface area (Å²) in [6.45, 7) is 10.6. The minimum absolute atomic E-state index is 0.331. The fourth-order valence-electron chi connectivity index (χ4n) is 6.08. The molecule has 126 valence electrons. The summed E-state index contributed by atoms with van der Waals surface area (Å²) in [6.07, 6.45) is 16.1. The molecule has 0 aromatic carbocycles. The van der Waals surface area contributed by atoms with Gasteiger partial charge in [0.15, 0.2) is 5.78 Å². The molecule has 1 heteroatoms. The molecule has 4 rings (SSSR count). The fourth-order valence-corrected chi connectivity index (χ4v) is 6.08. The average molecular weight is 312 g/mol. The number of allylic oxidation sites excluding steroid dienone is 5. The van der Waals surface area contributed by atoms with Crippen LogP contribution in [0.15, 0.2) is 36.5 Å². The van der Waals surface area contributed by atoms with Crippen LogP contribution < -0.4 is 0 Å². The first-order chi connectivity index (χ1) is 11.1. The summed E-state index contributed by atoms with van der Waals surface area (Å²) < 4.78 is 0. The largest absolute Gasteiger partial charge is 0.295 e. The van der Waals surface area contributed by atoms with Crippen LogP contribution in [-0.4, -0.2) is 5.78 Å². The van der Waals surface area contributed by atoms with E-state index in [9.17, 15) is 4.79 Å². The van der Waals surface area contributed by atoms with Gasteiger partial charge in [-0.2, -0.15) is 0 Å². The molecule has 1 nitrogen and oxygen atoms in total. The Bertz CT molecular complexity index is 540. The van der Waals surface area contributed by atoms with Crippen molar-refractivity contribution in [1.82, 2.24) is 0 Å². The normalized spacial score (nSPS) is 44.2. The van der Waals surface area contributed by atoms with Gasteiger partial charge >= 0.3 is 0 Å². The van der Waals surface area contributed by atoms with Gasteiger partial charge in [0.25, 0.3) is 0 Å². The molecular weight excluding hydrogens is 280 g/mol. The van der Waals surface area contributed by atoms with Crippen molar-refractivity contribution in [3.8, 4) is 0 Å². The summed E-state index contributed by atoms with van der Waals surface area (Å²) in [7, 11) is 0. The van der Waals surface area contributed by atoms with Gasteiger partial charge in [0, 0.05) is 6.42 Å². The molecule has 0 amide bonds. The molecule has 2 saturated carbocycles. The van der Waals surface area contributed by atoms with Gasteiger partial charge in [-0.05, 0) is 78.8 Å². The average Bonchev–Trinajstić information content (AvgIpc) is 2.92. The van der Waals surface area contributed by atoms with E-state index in [1.807, 2.05) is 19.9 Å². The molecule has 0 aromatic heterocycles. The van der Waals surface area contributed by atoms with Gasteiger partial charge in [0.2, 0.25) is 0 Å². The first-order valence-electron chi connectivity index (χ1n) is 9.68. The summed E-state index contributed by atoms with van der Waals surface area (Å²) >= 11 is 0. The Labute approximate surface area is 141 Å². The summed E-state index contributed by atoms with van der Waals surface area (Å²) in [5.74, 6) is 4.05. The van der Waals surface area contributed by atoms with Crippen molar-refractivity contribution in [3.63, 3.8) is 0 Å². The van der Waals surface area contributed by atoms with Gasteiger partial charge in [0.1, 0.15) is 0 Å². The van der Waals surface area contributed by atoms with Crippen LogP contribution in [0.1, 0.15) is 59.3 Å². The van der Waals surface area contributed by atoms with Gasteiger partial charge in [0.05, 0.1) is 0 Å². The molecule has 0 saturated heterocycles. The zero-order valence-corrected chi connectivity index (χ0v) is 15.1. The number of rotatable bonds is 1. The number of carbonyl (C=O) groups is 1. The van der Waals surface area contributed by atoms with Crippen LogP contribution >= 0.6 is 0 Å². The van der Waals surface area contributed by atoms with Crippen molar-refractivity contribution in [1.29, 1.82) is 0 Å². The molecular formula is C22H32O. The maximum atomic E-state index is 11.7. The van der Waals surface area contributed by atoms with E-state index in [2.05, 4.69) is 31.7 Å². The van der Waals surface area contributed by atoms with Gasteiger partial charge < -0.3 is 0 Å². The zero-order chi connectivity index (χ0) is 16.6. The Morgan fingerprint density at radius 2 is 2.00 bits per heavy atom. The molecule has 2 fully saturated rings. The molecule has 6 atom stereocenters. The molecule has 6 unspecified atom stereocenters. The van der Waals surface area contributed by atoms with Gasteiger partial charge in [-0.25, -0.2) is 0 Å². The minimum Gasteiger partial charge on any atom is -0.295 e. The van der Waals surface area contributed by atoms with E-state index < -0.39 is 0 Å². The lowest BCUT2D eigenvalue weighted by Gasteiger charge is -2.51. The smallest absolute Gasteiger partial charge is 0.155 e. The minimum atomic E-state index is 0.331. The second-order valence-corrected chi connectivity index (χ2v) is 7.93. The molecule has 0 radical (unpaired) electrons. The third-order valence-electron chi connectivity index (χ3n) is 7.23. The van der Waals surface area contributed by atoms with Crippen LogP contribution in [0.3, 0.4) is 0 Å². The second-order valence-electron chi connectivity index (χ2n) is 7.93. The predicted molar refractivity (Wildman–Crippen MR) is 97.0 cm³/mol. The molecule has 0 aromatic rings. The number of carbonyl (C=O) groups excluding carboxylic acids is 1. The summed E-state index contributed by atoms with van der Waals surface area (Å²) in [5, 5.41) is 0. The summed E-state index contributed by atoms with van der Waals surface area (Å²) in [5.41, 5.74) is 1.80. The highest BCUT2D eigenvalue weighted by molar-refractivity contribution is 5.91. The third kappa shape index (κ3) is 2.57. The maximum Gasteiger partial charge on any atom is 0.155 e. The van der Waals surface area contributed by atoms with E-state index in [4.69, 9.17) is 0 Å². The van der Waals surface area contributed by atoms with Crippen molar-refractivity contribution in [3.05, 3.63) is 36.5 Å². The van der Waals surface area contributed by atoms with E-state index in [-0.39, 0.29) is 0 Å². The van der Waals surface area contributed by atoms with E-state index in [0.717, 1.165) is 30.6 Å².